The first-order valence-corrected chi connectivity index (χ1v) is 8.33. The minimum absolute atomic E-state index is 0. The van der Waals surface area contributed by atoms with Crippen molar-refractivity contribution < 1.29 is 4.79 Å². The molecule has 2 fully saturated rings. The molecule has 2 N–H and O–H groups in total. The quantitative estimate of drug-likeness (QED) is 0.903. The Bertz CT molecular complexity index is 506. The molecule has 0 spiro atoms. The summed E-state index contributed by atoms with van der Waals surface area (Å²) >= 11 is 5.95. The fourth-order valence-corrected chi connectivity index (χ4v) is 3.88. The number of halogens is 2. The molecular formula is C17H24Cl2N2O. The lowest BCUT2D eigenvalue weighted by Gasteiger charge is -2.27. The SMILES string of the molecule is Cl.N[C@@H]1CCC[C@H]1CC(=O)N1CCCC1c1ccc(Cl)cc1. The van der Waals surface area contributed by atoms with Crippen LogP contribution in [0.4, 0.5) is 0 Å². The number of nitrogens with two attached hydrogens (primary N) is 1. The number of benzene rings is 1. The zero-order valence-corrected chi connectivity index (χ0v) is 14.3. The number of nitrogens with zero attached hydrogens (tertiary/aromatic N) is 1. The van der Waals surface area contributed by atoms with Crippen LogP contribution in [0.2, 0.25) is 5.02 Å². The molecule has 2 aliphatic rings. The summed E-state index contributed by atoms with van der Waals surface area (Å²) < 4.78 is 0. The van der Waals surface area contributed by atoms with Gasteiger partial charge in [0.15, 0.2) is 0 Å². The Kier molecular flexibility index (Phi) is 6.13. The molecule has 1 unspecified atom stereocenters. The highest BCUT2D eigenvalue weighted by atomic mass is 35.5. The molecule has 3 atom stereocenters. The molecule has 122 valence electrons. The van der Waals surface area contributed by atoms with Gasteiger partial charge >= 0.3 is 0 Å². The molecule has 5 heteroatoms. The highest BCUT2D eigenvalue weighted by molar-refractivity contribution is 6.30. The maximum atomic E-state index is 12.6. The second-order valence-corrected chi connectivity index (χ2v) is 6.79. The molecule has 0 bridgehead atoms. The van der Waals surface area contributed by atoms with Crippen molar-refractivity contribution >= 4 is 29.9 Å². The molecule has 1 heterocycles. The van der Waals surface area contributed by atoms with Gasteiger partial charge < -0.3 is 10.6 Å². The highest BCUT2D eigenvalue weighted by Gasteiger charge is 2.33. The van der Waals surface area contributed by atoms with Crippen molar-refractivity contribution in [1.29, 1.82) is 0 Å². The van der Waals surface area contributed by atoms with Crippen molar-refractivity contribution in [3.63, 3.8) is 0 Å². The van der Waals surface area contributed by atoms with Crippen molar-refractivity contribution in [3.05, 3.63) is 34.9 Å². The maximum Gasteiger partial charge on any atom is 0.223 e. The van der Waals surface area contributed by atoms with Crippen LogP contribution in [-0.4, -0.2) is 23.4 Å². The van der Waals surface area contributed by atoms with Gasteiger partial charge in [-0.05, 0) is 49.3 Å². The molecule has 1 amide bonds. The standard InChI is InChI=1S/C17H23ClN2O.ClH/c18-14-8-6-12(7-9-14)16-5-2-10-20(16)17(21)11-13-3-1-4-15(13)19;/h6-9,13,15-16H,1-5,10-11,19H2;1H/t13-,15+,16?;/m0./s1. The van der Waals surface area contributed by atoms with Gasteiger partial charge in [0, 0.05) is 24.0 Å². The predicted molar refractivity (Wildman–Crippen MR) is 92.3 cm³/mol. The number of carbonyl (C=O) groups is 1. The van der Waals surface area contributed by atoms with Crippen molar-refractivity contribution in [2.24, 2.45) is 11.7 Å². The lowest BCUT2D eigenvalue weighted by Crippen LogP contribution is -2.35. The zero-order chi connectivity index (χ0) is 14.8. The molecule has 1 saturated heterocycles. The van der Waals surface area contributed by atoms with Gasteiger partial charge in [0.2, 0.25) is 5.91 Å². The van der Waals surface area contributed by atoms with Gasteiger partial charge in [-0.15, -0.1) is 12.4 Å². The summed E-state index contributed by atoms with van der Waals surface area (Å²) in [5.41, 5.74) is 7.30. The second-order valence-electron chi connectivity index (χ2n) is 6.36. The van der Waals surface area contributed by atoms with Gasteiger partial charge in [0.25, 0.3) is 0 Å². The predicted octanol–water partition coefficient (Wildman–Crippen LogP) is 3.94. The van der Waals surface area contributed by atoms with Crippen molar-refractivity contribution in [1.82, 2.24) is 4.90 Å². The summed E-state index contributed by atoms with van der Waals surface area (Å²) in [6.07, 6.45) is 6.08. The molecule has 1 aromatic rings. The molecular weight excluding hydrogens is 319 g/mol. The van der Waals surface area contributed by atoms with E-state index in [1.54, 1.807) is 0 Å². The minimum Gasteiger partial charge on any atom is -0.336 e. The number of rotatable bonds is 3. The van der Waals surface area contributed by atoms with Gasteiger partial charge in [0.05, 0.1) is 6.04 Å². The Balaban J connectivity index is 0.00000176. The van der Waals surface area contributed by atoms with Crippen LogP contribution in [0.15, 0.2) is 24.3 Å². The average Bonchev–Trinajstić information content (AvgIpc) is 3.09. The number of likely N-dealkylation sites (tertiary alicyclic amines) is 1. The number of hydrogen-bond acceptors (Lipinski definition) is 2. The molecule has 1 aliphatic heterocycles. The first-order valence-electron chi connectivity index (χ1n) is 7.95. The third-order valence-corrected chi connectivity index (χ3v) is 5.23. The Labute approximate surface area is 143 Å². The largest absolute Gasteiger partial charge is 0.336 e. The van der Waals surface area contributed by atoms with E-state index >= 15 is 0 Å². The first-order chi connectivity index (χ1) is 10.1. The van der Waals surface area contributed by atoms with E-state index in [9.17, 15) is 4.79 Å². The third-order valence-electron chi connectivity index (χ3n) is 4.98. The fourth-order valence-electron chi connectivity index (χ4n) is 3.76. The van der Waals surface area contributed by atoms with Crippen LogP contribution in [0.5, 0.6) is 0 Å². The van der Waals surface area contributed by atoms with E-state index in [1.165, 1.54) is 12.0 Å². The highest BCUT2D eigenvalue weighted by Crippen LogP contribution is 2.35. The molecule has 22 heavy (non-hydrogen) atoms. The zero-order valence-electron chi connectivity index (χ0n) is 12.7. The van der Waals surface area contributed by atoms with Crippen LogP contribution in [0.25, 0.3) is 0 Å². The Morgan fingerprint density at radius 2 is 1.91 bits per heavy atom. The van der Waals surface area contributed by atoms with Gasteiger partial charge in [-0.25, -0.2) is 0 Å². The van der Waals surface area contributed by atoms with Crippen LogP contribution in [0, 0.1) is 5.92 Å². The maximum absolute atomic E-state index is 12.6. The summed E-state index contributed by atoms with van der Waals surface area (Å²) in [7, 11) is 0. The van der Waals surface area contributed by atoms with E-state index in [0.29, 0.717) is 12.3 Å². The van der Waals surface area contributed by atoms with E-state index in [4.69, 9.17) is 17.3 Å². The van der Waals surface area contributed by atoms with Crippen LogP contribution < -0.4 is 5.73 Å². The molecule has 1 saturated carbocycles. The number of amides is 1. The summed E-state index contributed by atoms with van der Waals surface area (Å²) in [4.78, 5) is 14.7. The van der Waals surface area contributed by atoms with Gasteiger partial charge in [-0.3, -0.25) is 4.79 Å². The Morgan fingerprint density at radius 1 is 1.18 bits per heavy atom. The Morgan fingerprint density at radius 3 is 2.55 bits per heavy atom. The van der Waals surface area contributed by atoms with Crippen LogP contribution >= 0.6 is 24.0 Å². The lowest BCUT2D eigenvalue weighted by molar-refractivity contribution is -0.133. The monoisotopic (exact) mass is 342 g/mol. The molecule has 3 nitrogen and oxygen atoms in total. The normalized spacial score (nSPS) is 27.7. The van der Waals surface area contributed by atoms with E-state index in [-0.39, 0.29) is 30.4 Å². The Hall–Kier alpha value is -0.770. The summed E-state index contributed by atoms with van der Waals surface area (Å²) in [5.74, 6) is 0.652. The molecule has 1 aromatic carbocycles. The van der Waals surface area contributed by atoms with Crippen molar-refractivity contribution in [3.8, 4) is 0 Å². The molecule has 1 aliphatic carbocycles. The van der Waals surface area contributed by atoms with E-state index in [2.05, 4.69) is 0 Å². The van der Waals surface area contributed by atoms with Crippen LogP contribution in [0.1, 0.15) is 50.1 Å². The first kappa shape index (κ1) is 17.6. The van der Waals surface area contributed by atoms with Crippen molar-refractivity contribution in [2.75, 3.05) is 6.54 Å². The minimum atomic E-state index is 0. The third kappa shape index (κ3) is 3.76. The number of hydrogen-bond donors (Lipinski definition) is 1. The molecule has 3 rings (SSSR count). The van der Waals surface area contributed by atoms with E-state index in [1.807, 2.05) is 29.2 Å². The van der Waals surface area contributed by atoms with Gasteiger partial charge in [-0.2, -0.15) is 0 Å². The van der Waals surface area contributed by atoms with Crippen LogP contribution in [0.3, 0.4) is 0 Å². The lowest BCUT2D eigenvalue weighted by atomic mass is 9.98. The fraction of sp³-hybridized carbons (Fsp3) is 0.588. The summed E-state index contributed by atoms with van der Waals surface area (Å²) in [5, 5.41) is 0.742. The second kappa shape index (κ2) is 7.67. The van der Waals surface area contributed by atoms with E-state index < -0.39 is 0 Å². The smallest absolute Gasteiger partial charge is 0.223 e. The van der Waals surface area contributed by atoms with E-state index in [0.717, 1.165) is 37.3 Å². The van der Waals surface area contributed by atoms with Crippen molar-refractivity contribution in [2.45, 2.75) is 50.6 Å². The van der Waals surface area contributed by atoms with Gasteiger partial charge in [0.1, 0.15) is 0 Å². The summed E-state index contributed by atoms with van der Waals surface area (Å²) in [6, 6.07) is 8.33. The number of carbonyl (C=O) groups excluding carboxylic acids is 1. The van der Waals surface area contributed by atoms with Gasteiger partial charge in [-0.1, -0.05) is 30.2 Å². The molecule has 0 aromatic heterocycles. The topological polar surface area (TPSA) is 46.3 Å². The molecule has 0 radical (unpaired) electrons. The summed E-state index contributed by atoms with van der Waals surface area (Å²) in [6.45, 7) is 0.869. The van der Waals surface area contributed by atoms with Crippen LogP contribution in [-0.2, 0) is 4.79 Å². The average molecular weight is 343 g/mol.